The predicted octanol–water partition coefficient (Wildman–Crippen LogP) is 2.88. The van der Waals surface area contributed by atoms with Crippen molar-refractivity contribution in [2.75, 3.05) is 11.9 Å². The number of nitrogens with one attached hydrogen (secondary N) is 2. The van der Waals surface area contributed by atoms with Crippen molar-refractivity contribution >= 4 is 5.82 Å². The predicted molar refractivity (Wildman–Crippen MR) is 63.2 cm³/mol. The Balaban J connectivity index is 1.89. The highest BCUT2D eigenvalue weighted by Crippen LogP contribution is 2.25. The third-order valence-corrected chi connectivity index (χ3v) is 3.50. The van der Waals surface area contributed by atoms with Crippen LogP contribution in [0.3, 0.4) is 0 Å². The Bertz CT molecular complexity index is 311. The van der Waals surface area contributed by atoms with E-state index in [1.807, 2.05) is 0 Å². The van der Waals surface area contributed by atoms with Crippen LogP contribution in [0.2, 0.25) is 0 Å². The average Bonchev–Trinajstić information content (AvgIpc) is 2.85. The average molecular weight is 207 g/mol. The zero-order valence-electron chi connectivity index (χ0n) is 9.77. The van der Waals surface area contributed by atoms with Gasteiger partial charge >= 0.3 is 0 Å². The summed E-state index contributed by atoms with van der Waals surface area (Å²) >= 11 is 0. The van der Waals surface area contributed by atoms with Crippen molar-refractivity contribution < 1.29 is 0 Å². The van der Waals surface area contributed by atoms with Gasteiger partial charge in [0.2, 0.25) is 0 Å². The standard InChI is InChI=1S/C12H21N3/c1-3-11-9(2)12(15-14-11)13-8-10-6-4-5-7-10/h10H,3-8H2,1-2H3,(H2,13,14,15). The van der Waals surface area contributed by atoms with Crippen LogP contribution in [-0.4, -0.2) is 16.7 Å². The number of rotatable bonds is 4. The largest absolute Gasteiger partial charge is 0.368 e. The molecule has 1 heterocycles. The molecule has 84 valence electrons. The Morgan fingerprint density at radius 1 is 1.40 bits per heavy atom. The molecule has 15 heavy (non-hydrogen) atoms. The highest BCUT2D eigenvalue weighted by atomic mass is 15.2. The van der Waals surface area contributed by atoms with Gasteiger partial charge in [0.15, 0.2) is 5.82 Å². The molecule has 1 aliphatic rings. The lowest BCUT2D eigenvalue weighted by atomic mass is 10.1. The minimum Gasteiger partial charge on any atom is -0.368 e. The minimum absolute atomic E-state index is 0.867. The van der Waals surface area contributed by atoms with Gasteiger partial charge in [-0.2, -0.15) is 5.10 Å². The summed E-state index contributed by atoms with van der Waals surface area (Å²) < 4.78 is 0. The molecule has 3 heteroatoms. The maximum atomic E-state index is 4.31. The summed E-state index contributed by atoms with van der Waals surface area (Å²) in [4.78, 5) is 0. The van der Waals surface area contributed by atoms with E-state index in [1.165, 1.54) is 36.9 Å². The van der Waals surface area contributed by atoms with Crippen molar-refractivity contribution in [2.24, 2.45) is 5.92 Å². The summed E-state index contributed by atoms with van der Waals surface area (Å²) in [6, 6.07) is 0. The number of aromatic nitrogens is 2. The molecule has 1 fully saturated rings. The van der Waals surface area contributed by atoms with Crippen LogP contribution in [0.25, 0.3) is 0 Å². The Morgan fingerprint density at radius 2 is 2.13 bits per heavy atom. The summed E-state index contributed by atoms with van der Waals surface area (Å²) in [5.41, 5.74) is 2.54. The second-order valence-electron chi connectivity index (χ2n) is 4.56. The van der Waals surface area contributed by atoms with Crippen molar-refractivity contribution in [3.05, 3.63) is 11.3 Å². The molecule has 2 rings (SSSR count). The number of hydrogen-bond acceptors (Lipinski definition) is 2. The van der Waals surface area contributed by atoms with Crippen LogP contribution in [0.4, 0.5) is 5.82 Å². The van der Waals surface area contributed by atoms with Crippen LogP contribution in [0.15, 0.2) is 0 Å². The number of nitrogens with zero attached hydrogens (tertiary/aromatic N) is 1. The zero-order valence-corrected chi connectivity index (χ0v) is 9.77. The highest BCUT2D eigenvalue weighted by molar-refractivity contribution is 5.45. The molecule has 0 amide bonds. The van der Waals surface area contributed by atoms with Gasteiger partial charge in [-0.1, -0.05) is 19.8 Å². The number of hydrogen-bond donors (Lipinski definition) is 2. The molecule has 3 nitrogen and oxygen atoms in total. The Hall–Kier alpha value is -0.990. The molecule has 1 aromatic heterocycles. The fraction of sp³-hybridized carbons (Fsp3) is 0.750. The first-order valence-corrected chi connectivity index (χ1v) is 6.09. The molecule has 0 atom stereocenters. The second-order valence-corrected chi connectivity index (χ2v) is 4.56. The van der Waals surface area contributed by atoms with Crippen molar-refractivity contribution in [3.63, 3.8) is 0 Å². The number of anilines is 1. The normalized spacial score (nSPS) is 17.2. The molecule has 0 aliphatic heterocycles. The summed E-state index contributed by atoms with van der Waals surface area (Å²) in [5, 5.41) is 10.9. The van der Waals surface area contributed by atoms with Crippen LogP contribution < -0.4 is 5.32 Å². The van der Waals surface area contributed by atoms with E-state index in [0.29, 0.717) is 0 Å². The van der Waals surface area contributed by atoms with Crippen LogP contribution in [-0.2, 0) is 6.42 Å². The first-order chi connectivity index (χ1) is 7.31. The van der Waals surface area contributed by atoms with Gasteiger partial charge in [-0.15, -0.1) is 0 Å². The fourth-order valence-corrected chi connectivity index (χ4v) is 2.41. The lowest BCUT2D eigenvalue weighted by Crippen LogP contribution is -2.11. The number of aromatic amines is 1. The maximum Gasteiger partial charge on any atom is 0.150 e. The second kappa shape index (κ2) is 4.69. The molecular formula is C12H21N3. The third kappa shape index (κ3) is 2.33. The van der Waals surface area contributed by atoms with Gasteiger partial charge in [0.05, 0.1) is 0 Å². The van der Waals surface area contributed by atoms with Gasteiger partial charge in [-0.3, -0.25) is 5.10 Å². The quantitative estimate of drug-likeness (QED) is 0.797. The van der Waals surface area contributed by atoms with Crippen molar-refractivity contribution in [1.82, 2.24) is 10.2 Å². The van der Waals surface area contributed by atoms with Gasteiger partial charge in [0, 0.05) is 17.8 Å². The van der Waals surface area contributed by atoms with Crippen molar-refractivity contribution in [3.8, 4) is 0 Å². The molecule has 2 N–H and O–H groups in total. The van der Waals surface area contributed by atoms with Crippen molar-refractivity contribution in [2.45, 2.75) is 46.0 Å². The first-order valence-electron chi connectivity index (χ1n) is 6.09. The van der Waals surface area contributed by atoms with E-state index in [-0.39, 0.29) is 0 Å². The molecule has 0 bridgehead atoms. The molecule has 1 aliphatic carbocycles. The SMILES string of the molecule is CCc1[nH]nc(NCC2CCCC2)c1C. The van der Waals surface area contributed by atoms with E-state index >= 15 is 0 Å². The molecule has 1 aromatic rings. The first kappa shape index (κ1) is 10.5. The smallest absolute Gasteiger partial charge is 0.150 e. The Kier molecular flexibility index (Phi) is 3.29. The minimum atomic E-state index is 0.867. The molecule has 0 spiro atoms. The van der Waals surface area contributed by atoms with E-state index in [9.17, 15) is 0 Å². The molecule has 0 radical (unpaired) electrons. The fourth-order valence-electron chi connectivity index (χ4n) is 2.41. The number of H-pyrrole nitrogens is 1. The summed E-state index contributed by atoms with van der Waals surface area (Å²) in [6.07, 6.45) is 6.62. The van der Waals surface area contributed by atoms with E-state index in [2.05, 4.69) is 29.4 Å². The summed E-state index contributed by atoms with van der Waals surface area (Å²) in [6.45, 7) is 5.38. The maximum absolute atomic E-state index is 4.31. The molecule has 0 aromatic carbocycles. The van der Waals surface area contributed by atoms with Crippen molar-refractivity contribution in [1.29, 1.82) is 0 Å². The summed E-state index contributed by atoms with van der Waals surface area (Å²) in [7, 11) is 0. The lowest BCUT2D eigenvalue weighted by Gasteiger charge is -2.10. The monoisotopic (exact) mass is 207 g/mol. The van der Waals surface area contributed by atoms with E-state index in [4.69, 9.17) is 0 Å². The molecule has 0 unspecified atom stereocenters. The van der Waals surface area contributed by atoms with E-state index in [0.717, 1.165) is 24.7 Å². The van der Waals surface area contributed by atoms with Gasteiger partial charge < -0.3 is 5.32 Å². The van der Waals surface area contributed by atoms with Gasteiger partial charge in [-0.25, -0.2) is 0 Å². The molecule has 1 saturated carbocycles. The van der Waals surface area contributed by atoms with Gasteiger partial charge in [0.25, 0.3) is 0 Å². The Morgan fingerprint density at radius 3 is 2.73 bits per heavy atom. The highest BCUT2D eigenvalue weighted by Gasteiger charge is 2.15. The molecule has 0 saturated heterocycles. The van der Waals surface area contributed by atoms with Crippen LogP contribution in [0, 0.1) is 12.8 Å². The van der Waals surface area contributed by atoms with E-state index < -0.39 is 0 Å². The zero-order chi connectivity index (χ0) is 10.7. The van der Waals surface area contributed by atoms with Gasteiger partial charge in [0.1, 0.15) is 0 Å². The van der Waals surface area contributed by atoms with E-state index in [1.54, 1.807) is 0 Å². The van der Waals surface area contributed by atoms with Crippen LogP contribution >= 0.6 is 0 Å². The lowest BCUT2D eigenvalue weighted by molar-refractivity contribution is 0.578. The topological polar surface area (TPSA) is 40.7 Å². The van der Waals surface area contributed by atoms with Crippen LogP contribution in [0.5, 0.6) is 0 Å². The summed E-state index contributed by atoms with van der Waals surface area (Å²) in [5.74, 6) is 1.92. The third-order valence-electron chi connectivity index (χ3n) is 3.50. The van der Waals surface area contributed by atoms with Crippen LogP contribution in [0.1, 0.15) is 43.9 Å². The van der Waals surface area contributed by atoms with Gasteiger partial charge in [-0.05, 0) is 32.1 Å². The number of aryl methyl sites for hydroxylation is 1. The Labute approximate surface area is 91.7 Å². The molecular weight excluding hydrogens is 186 g/mol.